The van der Waals surface area contributed by atoms with Gasteiger partial charge in [0.25, 0.3) is 5.91 Å². The highest BCUT2D eigenvalue weighted by Crippen LogP contribution is 2.35. The van der Waals surface area contributed by atoms with Crippen molar-refractivity contribution in [2.75, 3.05) is 18.5 Å². The molecule has 1 amide bonds. The summed E-state index contributed by atoms with van der Waals surface area (Å²) in [7, 11) is 0. The van der Waals surface area contributed by atoms with Crippen molar-refractivity contribution < 1.29 is 13.9 Å². The fourth-order valence-electron chi connectivity index (χ4n) is 4.29. The summed E-state index contributed by atoms with van der Waals surface area (Å²) < 4.78 is 13.0. The van der Waals surface area contributed by atoms with Crippen LogP contribution in [0.1, 0.15) is 49.1 Å². The SMILES string of the molecule is CCOCC1CCC(n2cc(NC(=O)c3coc(-c4cn[nH]c4)n3)c(-c3ccccn3)n2)CC1. The van der Waals surface area contributed by atoms with Gasteiger partial charge in [0, 0.05) is 31.8 Å². The molecule has 0 aromatic carbocycles. The second kappa shape index (κ2) is 10.0. The van der Waals surface area contributed by atoms with Crippen LogP contribution < -0.4 is 5.32 Å². The molecule has 5 rings (SSSR count). The molecule has 2 N–H and O–H groups in total. The van der Waals surface area contributed by atoms with Crippen molar-refractivity contribution in [3.05, 3.63) is 54.9 Å². The average Bonchev–Trinajstić information content (AvgIpc) is 3.64. The Balaban J connectivity index is 1.36. The standard InChI is InChI=1S/C24H27N7O3/c1-2-33-14-16-6-8-18(9-7-16)31-13-20(22(30-31)19-5-3-4-10-25-19)28-23(32)21-15-34-24(29-21)17-11-26-27-12-17/h3-5,10-13,15-16,18H,2,6-9,14H2,1H3,(H,26,27)(H,28,32). The predicted molar refractivity (Wildman–Crippen MR) is 125 cm³/mol. The van der Waals surface area contributed by atoms with E-state index in [1.54, 1.807) is 18.6 Å². The lowest BCUT2D eigenvalue weighted by Gasteiger charge is -2.28. The van der Waals surface area contributed by atoms with Crippen molar-refractivity contribution in [3.8, 4) is 22.8 Å². The maximum Gasteiger partial charge on any atom is 0.277 e. The highest BCUT2D eigenvalue weighted by molar-refractivity contribution is 6.04. The third-order valence-corrected chi connectivity index (χ3v) is 6.12. The number of carbonyl (C=O) groups excluding carboxylic acids is 1. The van der Waals surface area contributed by atoms with Crippen LogP contribution in [0.4, 0.5) is 5.69 Å². The molecule has 0 bridgehead atoms. The molecule has 4 aromatic rings. The van der Waals surface area contributed by atoms with E-state index in [4.69, 9.17) is 14.3 Å². The Morgan fingerprint density at radius 3 is 2.91 bits per heavy atom. The first kappa shape index (κ1) is 22.0. The predicted octanol–water partition coefficient (Wildman–Crippen LogP) is 4.34. The van der Waals surface area contributed by atoms with Gasteiger partial charge in [-0.25, -0.2) is 4.98 Å². The monoisotopic (exact) mass is 461 g/mol. The van der Waals surface area contributed by atoms with Gasteiger partial charge >= 0.3 is 0 Å². The molecule has 1 fully saturated rings. The number of carbonyl (C=O) groups is 1. The van der Waals surface area contributed by atoms with Crippen molar-refractivity contribution in [2.24, 2.45) is 5.92 Å². The Bertz CT molecular complexity index is 1210. The number of hydrogen-bond acceptors (Lipinski definition) is 7. The van der Waals surface area contributed by atoms with Crippen molar-refractivity contribution in [2.45, 2.75) is 38.6 Å². The number of hydrogen-bond donors (Lipinski definition) is 2. The highest BCUT2D eigenvalue weighted by atomic mass is 16.5. The first-order valence-electron chi connectivity index (χ1n) is 11.6. The van der Waals surface area contributed by atoms with Crippen LogP contribution in [0.2, 0.25) is 0 Å². The first-order chi connectivity index (χ1) is 16.7. The van der Waals surface area contributed by atoms with Gasteiger partial charge in [-0.05, 0) is 50.7 Å². The van der Waals surface area contributed by atoms with Crippen molar-refractivity contribution >= 4 is 11.6 Å². The second-order valence-electron chi connectivity index (χ2n) is 8.40. The summed E-state index contributed by atoms with van der Waals surface area (Å²) in [5.41, 5.74) is 2.76. The van der Waals surface area contributed by atoms with E-state index in [1.807, 2.05) is 36.0 Å². The molecule has 0 unspecified atom stereocenters. The Hall–Kier alpha value is -3.79. The molecule has 0 radical (unpaired) electrons. The minimum atomic E-state index is -0.379. The minimum absolute atomic E-state index is 0.173. The Labute approximate surface area is 196 Å². The van der Waals surface area contributed by atoms with Crippen molar-refractivity contribution in [1.29, 1.82) is 0 Å². The number of anilines is 1. The van der Waals surface area contributed by atoms with Gasteiger partial charge in [-0.15, -0.1) is 0 Å². The van der Waals surface area contributed by atoms with Gasteiger partial charge in [0.15, 0.2) is 5.69 Å². The molecular weight excluding hydrogens is 434 g/mol. The van der Waals surface area contributed by atoms with Gasteiger partial charge in [-0.3, -0.25) is 19.6 Å². The maximum absolute atomic E-state index is 13.0. The van der Waals surface area contributed by atoms with E-state index < -0.39 is 0 Å². The summed E-state index contributed by atoms with van der Waals surface area (Å²) in [4.78, 5) is 21.7. The lowest BCUT2D eigenvalue weighted by atomic mass is 9.86. The van der Waals surface area contributed by atoms with Gasteiger partial charge in [-0.1, -0.05) is 6.07 Å². The summed E-state index contributed by atoms with van der Waals surface area (Å²) >= 11 is 0. The molecule has 176 valence electrons. The third kappa shape index (κ3) is 4.76. The number of nitrogens with one attached hydrogen (secondary N) is 2. The number of pyridine rings is 1. The van der Waals surface area contributed by atoms with Gasteiger partial charge in [0.05, 0.1) is 29.2 Å². The Kier molecular flexibility index (Phi) is 6.48. The smallest absolute Gasteiger partial charge is 0.277 e. The van der Waals surface area contributed by atoms with Crippen LogP contribution in [0.3, 0.4) is 0 Å². The summed E-state index contributed by atoms with van der Waals surface area (Å²) in [6.07, 6.45) is 12.4. The Morgan fingerprint density at radius 1 is 1.29 bits per heavy atom. The molecule has 0 saturated heterocycles. The number of H-pyrrole nitrogens is 1. The van der Waals surface area contributed by atoms with Crippen LogP contribution >= 0.6 is 0 Å². The second-order valence-corrected chi connectivity index (χ2v) is 8.40. The zero-order valence-corrected chi connectivity index (χ0v) is 19.0. The summed E-state index contributed by atoms with van der Waals surface area (Å²) in [6, 6.07) is 5.91. The molecule has 10 heteroatoms. The van der Waals surface area contributed by atoms with Crippen LogP contribution in [-0.2, 0) is 4.74 Å². The highest BCUT2D eigenvalue weighted by Gasteiger charge is 2.26. The number of aromatic amines is 1. The fourth-order valence-corrected chi connectivity index (χ4v) is 4.29. The van der Waals surface area contributed by atoms with E-state index in [2.05, 4.69) is 25.5 Å². The number of nitrogens with zero attached hydrogens (tertiary/aromatic N) is 5. The number of oxazole rings is 1. The van der Waals surface area contributed by atoms with E-state index >= 15 is 0 Å². The van der Waals surface area contributed by atoms with E-state index in [-0.39, 0.29) is 17.6 Å². The summed E-state index contributed by atoms with van der Waals surface area (Å²) in [5, 5.41) is 14.4. The molecule has 4 aromatic heterocycles. The lowest BCUT2D eigenvalue weighted by molar-refractivity contribution is 0.0863. The molecule has 34 heavy (non-hydrogen) atoms. The fraction of sp³-hybridized carbons (Fsp3) is 0.375. The number of rotatable bonds is 8. The minimum Gasteiger partial charge on any atom is -0.444 e. The lowest BCUT2D eigenvalue weighted by Crippen LogP contribution is -2.21. The van der Waals surface area contributed by atoms with Crippen molar-refractivity contribution in [3.63, 3.8) is 0 Å². The molecular formula is C24H27N7O3. The molecule has 4 heterocycles. The van der Waals surface area contributed by atoms with Gasteiger partial charge < -0.3 is 14.5 Å². The topological polar surface area (TPSA) is 124 Å². The summed E-state index contributed by atoms with van der Waals surface area (Å²) in [6.45, 7) is 3.60. The normalized spacial score (nSPS) is 18.1. The number of amides is 1. The first-order valence-corrected chi connectivity index (χ1v) is 11.6. The molecule has 10 nitrogen and oxygen atoms in total. The van der Waals surface area contributed by atoms with E-state index in [0.29, 0.717) is 34.4 Å². The van der Waals surface area contributed by atoms with Crippen LogP contribution in [0.5, 0.6) is 0 Å². The number of ether oxygens (including phenoxy) is 1. The molecule has 0 aliphatic heterocycles. The number of aromatic nitrogens is 6. The van der Waals surface area contributed by atoms with Gasteiger partial charge in [0.2, 0.25) is 5.89 Å². The van der Waals surface area contributed by atoms with E-state index in [0.717, 1.165) is 38.9 Å². The average molecular weight is 462 g/mol. The van der Waals surface area contributed by atoms with Crippen LogP contribution in [0.25, 0.3) is 22.8 Å². The molecule has 1 saturated carbocycles. The van der Waals surface area contributed by atoms with Crippen molar-refractivity contribution in [1.82, 2.24) is 29.9 Å². The largest absolute Gasteiger partial charge is 0.444 e. The molecule has 1 aliphatic carbocycles. The molecule has 0 spiro atoms. The zero-order valence-electron chi connectivity index (χ0n) is 19.0. The third-order valence-electron chi connectivity index (χ3n) is 6.12. The van der Waals surface area contributed by atoms with E-state index in [1.165, 1.54) is 6.26 Å². The quantitative estimate of drug-likeness (QED) is 0.400. The zero-order chi connectivity index (χ0) is 23.3. The molecule has 1 aliphatic rings. The Morgan fingerprint density at radius 2 is 2.18 bits per heavy atom. The van der Waals surface area contributed by atoms with E-state index in [9.17, 15) is 4.79 Å². The van der Waals surface area contributed by atoms with Crippen LogP contribution in [0.15, 0.2) is 53.7 Å². The van der Waals surface area contributed by atoms with Gasteiger partial charge in [0.1, 0.15) is 12.0 Å². The van der Waals surface area contributed by atoms with Gasteiger partial charge in [-0.2, -0.15) is 10.2 Å². The summed E-state index contributed by atoms with van der Waals surface area (Å²) in [5.74, 6) is 0.539. The van der Waals surface area contributed by atoms with Crippen LogP contribution in [0, 0.1) is 5.92 Å². The van der Waals surface area contributed by atoms with Crippen LogP contribution in [-0.4, -0.2) is 49.1 Å². The maximum atomic E-state index is 13.0. The molecule has 0 atom stereocenters.